The van der Waals surface area contributed by atoms with E-state index >= 15 is 0 Å². The quantitative estimate of drug-likeness (QED) is 0.563. The van der Waals surface area contributed by atoms with Crippen molar-refractivity contribution in [3.63, 3.8) is 0 Å². The van der Waals surface area contributed by atoms with Gasteiger partial charge in [0.15, 0.2) is 0 Å². The minimum absolute atomic E-state index is 0.0745. The molecular weight excluding hydrogens is 516 g/mol. The molecule has 2 amide bonds. The molecule has 0 bridgehead atoms. The van der Waals surface area contributed by atoms with Gasteiger partial charge in [0, 0.05) is 57.2 Å². The van der Waals surface area contributed by atoms with Gasteiger partial charge < -0.3 is 14.5 Å². The van der Waals surface area contributed by atoms with E-state index in [0.29, 0.717) is 42.0 Å². The van der Waals surface area contributed by atoms with Gasteiger partial charge in [0.05, 0.1) is 16.3 Å². The number of sulfonamides is 1. The fraction of sp³-hybridized carbons (Fsp3) is 0.458. The summed E-state index contributed by atoms with van der Waals surface area (Å²) in [4.78, 5) is 16.8. The number of hydrogen-bond acceptors (Lipinski definition) is 4. The lowest BCUT2D eigenvalue weighted by molar-refractivity contribution is 0.128. The zero-order valence-electron chi connectivity index (χ0n) is 19.5. The topological polar surface area (TPSA) is 70.2 Å². The monoisotopic (exact) mass is 543 g/mol. The summed E-state index contributed by atoms with van der Waals surface area (Å²) in [6.07, 6.45) is 0.855. The summed E-state index contributed by atoms with van der Waals surface area (Å²) < 4.78 is 44.8. The number of carbonyl (C=O) groups is 1. The fourth-order valence-corrected chi connectivity index (χ4v) is 5.94. The van der Waals surface area contributed by atoms with Crippen LogP contribution in [0.25, 0.3) is 0 Å². The van der Waals surface area contributed by atoms with Crippen LogP contribution in [0.1, 0.15) is 18.4 Å². The number of benzene rings is 2. The Morgan fingerprint density at radius 1 is 1.03 bits per heavy atom. The fourth-order valence-electron chi connectivity index (χ4n) is 4.81. The maximum atomic E-state index is 13.7. The predicted octanol–water partition coefficient (Wildman–Crippen LogP) is 4.31. The molecule has 2 fully saturated rings. The average molecular weight is 544 g/mol. The Morgan fingerprint density at radius 2 is 1.74 bits per heavy atom. The van der Waals surface area contributed by atoms with E-state index in [1.54, 1.807) is 28.0 Å². The molecule has 2 aliphatic heterocycles. The lowest BCUT2D eigenvalue weighted by Gasteiger charge is -2.35. The molecule has 4 rings (SSSR count). The Bertz CT molecular complexity index is 1190. The summed E-state index contributed by atoms with van der Waals surface area (Å²) in [5, 5.41) is 0.883. The van der Waals surface area contributed by atoms with Gasteiger partial charge in [-0.05, 0) is 36.8 Å². The number of carbonyl (C=O) groups excluding carboxylic acids is 1. The molecule has 2 aliphatic rings. The van der Waals surface area contributed by atoms with Crippen LogP contribution in [0.2, 0.25) is 10.0 Å². The van der Waals surface area contributed by atoms with Gasteiger partial charge in [-0.3, -0.25) is 0 Å². The number of urea groups is 1. The molecule has 2 aromatic carbocycles. The summed E-state index contributed by atoms with van der Waals surface area (Å²) >= 11 is 12.4. The summed E-state index contributed by atoms with van der Waals surface area (Å²) in [6.45, 7) is 4.02. The third-order valence-electron chi connectivity index (χ3n) is 6.71. The minimum atomic E-state index is -3.28. The third-order valence-corrected chi connectivity index (χ3v) is 8.75. The highest BCUT2D eigenvalue weighted by molar-refractivity contribution is 7.88. The second-order valence-electron chi connectivity index (χ2n) is 9.06. The summed E-state index contributed by atoms with van der Waals surface area (Å²) in [7, 11) is -3.28. The minimum Gasteiger partial charge on any atom is -0.490 e. The number of piperazine rings is 1. The molecule has 7 nitrogen and oxygen atoms in total. The van der Waals surface area contributed by atoms with E-state index in [4.69, 9.17) is 27.9 Å². The SMILES string of the molecule is CC(Oc1cccc(F)c1)C1CN(C(=O)N2CCN(S(C)(=O)=O)CC2)CC1c1ccc(Cl)c(Cl)c1. The van der Waals surface area contributed by atoms with Gasteiger partial charge in [-0.1, -0.05) is 35.3 Å². The van der Waals surface area contributed by atoms with Crippen molar-refractivity contribution in [1.29, 1.82) is 0 Å². The number of halogens is 3. The van der Waals surface area contributed by atoms with Crippen LogP contribution in [0.3, 0.4) is 0 Å². The van der Waals surface area contributed by atoms with E-state index < -0.39 is 10.0 Å². The normalized spacial score (nSPS) is 22.3. The Labute approximate surface area is 215 Å². The molecule has 2 aromatic rings. The van der Waals surface area contributed by atoms with Gasteiger partial charge in [0.1, 0.15) is 17.7 Å². The molecule has 190 valence electrons. The molecule has 0 spiro atoms. The summed E-state index contributed by atoms with van der Waals surface area (Å²) in [5.41, 5.74) is 0.941. The van der Waals surface area contributed by atoms with E-state index in [9.17, 15) is 17.6 Å². The second-order valence-corrected chi connectivity index (χ2v) is 11.9. The van der Waals surface area contributed by atoms with Crippen molar-refractivity contribution in [3.8, 4) is 5.75 Å². The molecule has 0 N–H and O–H groups in total. The van der Waals surface area contributed by atoms with Gasteiger partial charge in [-0.15, -0.1) is 0 Å². The van der Waals surface area contributed by atoms with Crippen LogP contribution in [-0.2, 0) is 10.0 Å². The van der Waals surface area contributed by atoms with Crippen LogP contribution in [-0.4, -0.2) is 80.2 Å². The van der Waals surface area contributed by atoms with E-state index in [-0.39, 0.29) is 42.9 Å². The summed E-state index contributed by atoms with van der Waals surface area (Å²) in [6, 6.07) is 11.3. The highest BCUT2D eigenvalue weighted by Gasteiger charge is 2.42. The predicted molar refractivity (Wildman–Crippen MR) is 134 cm³/mol. The van der Waals surface area contributed by atoms with Crippen LogP contribution >= 0.6 is 23.2 Å². The molecule has 3 unspecified atom stereocenters. The number of ether oxygens (including phenoxy) is 1. The second kappa shape index (κ2) is 10.5. The lowest BCUT2D eigenvalue weighted by Crippen LogP contribution is -2.53. The largest absolute Gasteiger partial charge is 0.490 e. The number of nitrogens with zero attached hydrogens (tertiary/aromatic N) is 3. The number of rotatable bonds is 5. The van der Waals surface area contributed by atoms with Crippen LogP contribution in [0.4, 0.5) is 9.18 Å². The first-order valence-electron chi connectivity index (χ1n) is 11.4. The molecule has 0 radical (unpaired) electrons. The highest BCUT2D eigenvalue weighted by Crippen LogP contribution is 2.39. The molecule has 11 heteroatoms. The van der Waals surface area contributed by atoms with Crippen molar-refractivity contribution < 1.29 is 22.3 Å². The molecule has 0 aromatic heterocycles. The lowest BCUT2D eigenvalue weighted by atomic mass is 9.85. The molecule has 0 saturated carbocycles. The standard InChI is InChI=1S/C24H28Cl2FN3O4S/c1-16(34-19-5-3-4-18(27)13-19)20-14-29(15-21(20)17-6-7-22(25)23(26)12-17)24(31)28-8-10-30(11-9-28)35(2,32)33/h3-7,12-13,16,20-21H,8-11,14-15H2,1-2H3. The zero-order chi connectivity index (χ0) is 25.3. The average Bonchev–Trinajstić information content (AvgIpc) is 3.26. The Balaban J connectivity index is 1.53. The van der Waals surface area contributed by atoms with Crippen molar-refractivity contribution in [2.45, 2.75) is 18.9 Å². The van der Waals surface area contributed by atoms with Crippen LogP contribution in [0.5, 0.6) is 5.75 Å². The molecule has 3 atom stereocenters. The van der Waals surface area contributed by atoms with E-state index in [0.717, 1.165) is 5.56 Å². The summed E-state index contributed by atoms with van der Waals surface area (Å²) in [5.74, 6) is -0.120. The van der Waals surface area contributed by atoms with Gasteiger partial charge >= 0.3 is 6.03 Å². The van der Waals surface area contributed by atoms with Gasteiger partial charge in [0.25, 0.3) is 0 Å². The van der Waals surface area contributed by atoms with E-state index in [2.05, 4.69) is 0 Å². The third kappa shape index (κ3) is 6.02. The number of hydrogen-bond donors (Lipinski definition) is 0. The smallest absolute Gasteiger partial charge is 0.320 e. The zero-order valence-corrected chi connectivity index (χ0v) is 21.9. The molecule has 35 heavy (non-hydrogen) atoms. The first-order chi connectivity index (χ1) is 16.5. The Morgan fingerprint density at radius 3 is 2.37 bits per heavy atom. The highest BCUT2D eigenvalue weighted by atomic mass is 35.5. The van der Waals surface area contributed by atoms with Crippen molar-refractivity contribution in [1.82, 2.24) is 14.1 Å². The van der Waals surface area contributed by atoms with Crippen molar-refractivity contribution in [2.75, 3.05) is 45.5 Å². The number of likely N-dealkylation sites (tertiary alicyclic amines) is 1. The maximum Gasteiger partial charge on any atom is 0.320 e. The van der Waals surface area contributed by atoms with Crippen LogP contribution in [0, 0.1) is 11.7 Å². The van der Waals surface area contributed by atoms with Crippen molar-refractivity contribution >= 4 is 39.3 Å². The van der Waals surface area contributed by atoms with E-state index in [1.165, 1.54) is 22.7 Å². The van der Waals surface area contributed by atoms with Gasteiger partial charge in [-0.25, -0.2) is 17.6 Å². The Hall–Kier alpha value is -2.07. The number of amides is 2. The molecule has 2 saturated heterocycles. The molecular formula is C24H28Cl2FN3O4S. The van der Waals surface area contributed by atoms with Crippen LogP contribution < -0.4 is 4.74 Å². The van der Waals surface area contributed by atoms with Crippen molar-refractivity contribution in [3.05, 3.63) is 63.9 Å². The van der Waals surface area contributed by atoms with Gasteiger partial charge in [0.2, 0.25) is 10.0 Å². The first kappa shape index (κ1) is 26.0. The van der Waals surface area contributed by atoms with Crippen LogP contribution in [0.15, 0.2) is 42.5 Å². The maximum absolute atomic E-state index is 13.7. The molecule has 0 aliphatic carbocycles. The molecule has 2 heterocycles. The van der Waals surface area contributed by atoms with Gasteiger partial charge in [-0.2, -0.15) is 4.31 Å². The van der Waals surface area contributed by atoms with E-state index in [1.807, 2.05) is 19.1 Å². The van der Waals surface area contributed by atoms with Crippen molar-refractivity contribution in [2.24, 2.45) is 5.92 Å². The first-order valence-corrected chi connectivity index (χ1v) is 14.0. The Kier molecular flexibility index (Phi) is 7.80.